The van der Waals surface area contributed by atoms with Crippen molar-refractivity contribution in [2.45, 2.75) is 6.42 Å². The first kappa shape index (κ1) is 28.9. The highest BCUT2D eigenvalue weighted by Crippen LogP contribution is 2.37. The molecule has 0 saturated heterocycles. The molecule has 9 heteroatoms. The van der Waals surface area contributed by atoms with Gasteiger partial charge in [0, 0.05) is 17.6 Å². The summed E-state index contributed by atoms with van der Waals surface area (Å²) in [5.41, 5.74) is 11.6. The molecule has 5 N–H and O–H groups in total. The van der Waals surface area contributed by atoms with Crippen molar-refractivity contribution in [1.82, 2.24) is 0 Å². The highest BCUT2D eigenvalue weighted by atomic mass is 35.5. The quantitative estimate of drug-likeness (QED) is 0.138. The Morgan fingerprint density at radius 1 is 0.690 bits per heavy atom. The van der Waals surface area contributed by atoms with Gasteiger partial charge in [-0.2, -0.15) is 0 Å². The van der Waals surface area contributed by atoms with Gasteiger partial charge in [0.05, 0.1) is 23.4 Å². The lowest BCUT2D eigenvalue weighted by Crippen LogP contribution is -2.37. The second kappa shape index (κ2) is 12.9. The standard InChI is InChI=1S/C33H30ClN3O5/c34-25-10-11-28(29(38)20-25)37(33(40)27-17-22-7-2-4-9-24(22)19-31(27)42-15-13-36)32(39)26-16-21-6-1-3-8-23(21)18-30(26)41-14-5-12-35/h1-4,6-11,16-20,38H,5,12-15,35-36H2. The molecule has 0 saturated carbocycles. The van der Waals surface area contributed by atoms with Gasteiger partial charge in [-0.3, -0.25) is 9.59 Å². The number of carbonyl (C=O) groups is 2. The maximum atomic E-state index is 14.5. The van der Waals surface area contributed by atoms with E-state index in [0.717, 1.165) is 26.4 Å². The van der Waals surface area contributed by atoms with Crippen molar-refractivity contribution in [3.63, 3.8) is 0 Å². The number of phenols is 1. The van der Waals surface area contributed by atoms with E-state index in [1.165, 1.54) is 18.2 Å². The zero-order valence-electron chi connectivity index (χ0n) is 22.8. The highest BCUT2D eigenvalue weighted by molar-refractivity contribution is 6.31. The minimum absolute atomic E-state index is 0.0478. The normalized spacial score (nSPS) is 11.0. The molecule has 8 nitrogen and oxygen atoms in total. The van der Waals surface area contributed by atoms with Gasteiger partial charge in [-0.1, -0.05) is 60.1 Å². The number of fused-ring (bicyclic) bond motifs is 2. The Bertz CT molecular complexity index is 1770. The number of rotatable bonds is 10. The fourth-order valence-corrected chi connectivity index (χ4v) is 4.85. The van der Waals surface area contributed by atoms with Crippen LogP contribution in [-0.4, -0.2) is 43.2 Å². The second-order valence-electron chi connectivity index (χ2n) is 9.60. The van der Waals surface area contributed by atoms with Crippen LogP contribution in [0.2, 0.25) is 5.02 Å². The summed E-state index contributed by atoms with van der Waals surface area (Å²) in [4.78, 5) is 29.9. The second-order valence-corrected chi connectivity index (χ2v) is 10.0. The van der Waals surface area contributed by atoms with Crippen LogP contribution < -0.4 is 25.8 Å². The molecule has 0 aromatic heterocycles. The topological polar surface area (TPSA) is 128 Å². The largest absolute Gasteiger partial charge is 0.506 e. The molecule has 0 aliphatic heterocycles. The molecule has 214 valence electrons. The Morgan fingerprint density at radius 2 is 1.19 bits per heavy atom. The van der Waals surface area contributed by atoms with Crippen molar-refractivity contribution in [2.75, 3.05) is 31.2 Å². The maximum Gasteiger partial charge on any atom is 0.269 e. The van der Waals surface area contributed by atoms with Gasteiger partial charge in [-0.05, 0) is 70.9 Å². The molecule has 2 amide bonds. The van der Waals surface area contributed by atoms with Crippen molar-refractivity contribution in [2.24, 2.45) is 11.5 Å². The van der Waals surface area contributed by atoms with E-state index in [-0.39, 0.29) is 58.8 Å². The van der Waals surface area contributed by atoms with E-state index in [9.17, 15) is 14.7 Å². The van der Waals surface area contributed by atoms with Crippen molar-refractivity contribution >= 4 is 50.6 Å². The predicted octanol–water partition coefficient (Wildman–Crippen LogP) is 5.90. The van der Waals surface area contributed by atoms with Gasteiger partial charge < -0.3 is 26.0 Å². The molecule has 5 aromatic carbocycles. The number of nitrogens with zero attached hydrogens (tertiary/aromatic N) is 1. The molecule has 0 spiro atoms. The summed E-state index contributed by atoms with van der Waals surface area (Å²) in [6.45, 7) is 1.06. The molecule has 42 heavy (non-hydrogen) atoms. The number of anilines is 1. The SMILES string of the molecule is NCCCOc1cc2ccccc2cc1C(=O)N(C(=O)c1cc2ccccc2cc1OCCN)c1ccc(Cl)cc1O. The summed E-state index contributed by atoms with van der Waals surface area (Å²) in [6.07, 6.45) is 0.569. The van der Waals surface area contributed by atoms with Crippen LogP contribution in [0.1, 0.15) is 27.1 Å². The third kappa shape index (κ3) is 6.01. The number of halogens is 1. The van der Waals surface area contributed by atoms with Gasteiger partial charge in [0.15, 0.2) is 0 Å². The Kier molecular flexibility index (Phi) is 8.88. The molecule has 5 aromatic rings. The summed E-state index contributed by atoms with van der Waals surface area (Å²) >= 11 is 6.11. The summed E-state index contributed by atoms with van der Waals surface area (Å²) in [5, 5.41) is 14.4. The van der Waals surface area contributed by atoms with E-state index in [1.54, 1.807) is 24.3 Å². The molecular formula is C33H30ClN3O5. The minimum Gasteiger partial charge on any atom is -0.506 e. The van der Waals surface area contributed by atoms with Gasteiger partial charge in [0.1, 0.15) is 23.9 Å². The van der Waals surface area contributed by atoms with E-state index in [2.05, 4.69) is 0 Å². The number of benzene rings is 5. The Morgan fingerprint density at radius 3 is 1.67 bits per heavy atom. The van der Waals surface area contributed by atoms with E-state index in [4.69, 9.17) is 32.5 Å². The number of hydrogen-bond donors (Lipinski definition) is 3. The lowest BCUT2D eigenvalue weighted by atomic mass is 10.0. The van der Waals surface area contributed by atoms with Crippen molar-refractivity contribution < 1.29 is 24.2 Å². The van der Waals surface area contributed by atoms with Gasteiger partial charge in [-0.15, -0.1) is 0 Å². The molecule has 0 aliphatic carbocycles. The van der Waals surface area contributed by atoms with Gasteiger partial charge in [-0.25, -0.2) is 4.90 Å². The molecule has 0 aliphatic rings. The van der Waals surface area contributed by atoms with Crippen LogP contribution >= 0.6 is 11.6 Å². The maximum absolute atomic E-state index is 14.5. The van der Waals surface area contributed by atoms with E-state index in [0.29, 0.717) is 13.0 Å². The zero-order chi connectivity index (χ0) is 29.6. The van der Waals surface area contributed by atoms with E-state index < -0.39 is 11.8 Å². The van der Waals surface area contributed by atoms with Crippen LogP contribution in [0.3, 0.4) is 0 Å². The smallest absolute Gasteiger partial charge is 0.269 e. The van der Waals surface area contributed by atoms with E-state index in [1.807, 2.05) is 48.5 Å². The van der Waals surface area contributed by atoms with Crippen LogP contribution in [-0.2, 0) is 0 Å². The Labute approximate surface area is 248 Å². The number of amides is 2. The predicted molar refractivity (Wildman–Crippen MR) is 166 cm³/mol. The van der Waals surface area contributed by atoms with Crippen LogP contribution in [0.5, 0.6) is 17.2 Å². The monoisotopic (exact) mass is 583 g/mol. The van der Waals surface area contributed by atoms with Gasteiger partial charge in [0.2, 0.25) is 0 Å². The average molecular weight is 584 g/mol. The minimum atomic E-state index is -0.712. The molecule has 0 atom stereocenters. The molecule has 0 fully saturated rings. The number of phenolic OH excluding ortho intramolecular Hbond substituents is 1. The number of carbonyl (C=O) groups excluding carboxylic acids is 2. The summed E-state index contributed by atoms with van der Waals surface area (Å²) in [7, 11) is 0. The Hall–Kier alpha value is -4.63. The third-order valence-electron chi connectivity index (χ3n) is 6.72. The van der Waals surface area contributed by atoms with Crippen LogP contribution in [0.25, 0.3) is 21.5 Å². The van der Waals surface area contributed by atoms with Crippen molar-refractivity contribution in [3.05, 3.63) is 107 Å². The molecule has 5 rings (SSSR count). The molecule has 0 heterocycles. The summed E-state index contributed by atoms with van der Waals surface area (Å²) in [6, 6.07) is 26.0. The fourth-order valence-electron chi connectivity index (χ4n) is 4.68. The van der Waals surface area contributed by atoms with Crippen LogP contribution in [0.4, 0.5) is 5.69 Å². The first-order chi connectivity index (χ1) is 20.4. The first-order valence-electron chi connectivity index (χ1n) is 13.5. The van der Waals surface area contributed by atoms with Crippen molar-refractivity contribution in [1.29, 1.82) is 0 Å². The molecule has 0 unspecified atom stereocenters. The number of imide groups is 1. The molecule has 0 radical (unpaired) electrons. The third-order valence-corrected chi connectivity index (χ3v) is 6.96. The number of ether oxygens (including phenoxy) is 2. The first-order valence-corrected chi connectivity index (χ1v) is 13.9. The zero-order valence-corrected chi connectivity index (χ0v) is 23.5. The van der Waals surface area contributed by atoms with Crippen molar-refractivity contribution in [3.8, 4) is 17.2 Å². The summed E-state index contributed by atoms with van der Waals surface area (Å²) < 4.78 is 11.9. The number of aromatic hydroxyl groups is 1. The van der Waals surface area contributed by atoms with Crippen LogP contribution in [0.15, 0.2) is 91.0 Å². The number of hydrogen-bond acceptors (Lipinski definition) is 7. The van der Waals surface area contributed by atoms with E-state index >= 15 is 0 Å². The lowest BCUT2D eigenvalue weighted by molar-refractivity contribution is 0.0892. The van der Waals surface area contributed by atoms with Gasteiger partial charge in [0.25, 0.3) is 11.8 Å². The lowest BCUT2D eigenvalue weighted by Gasteiger charge is -2.25. The molecular weight excluding hydrogens is 554 g/mol. The van der Waals surface area contributed by atoms with Crippen LogP contribution in [0, 0.1) is 0 Å². The average Bonchev–Trinajstić information content (AvgIpc) is 3.00. The highest BCUT2D eigenvalue weighted by Gasteiger charge is 2.32. The summed E-state index contributed by atoms with van der Waals surface area (Å²) in [5.74, 6) is -1.22. The number of nitrogens with two attached hydrogens (primary N) is 2. The fraction of sp³-hybridized carbons (Fsp3) is 0.152. The molecule has 0 bridgehead atoms. The Balaban J connectivity index is 1.70. The van der Waals surface area contributed by atoms with Gasteiger partial charge >= 0.3 is 0 Å².